The van der Waals surface area contributed by atoms with Crippen LogP contribution in [0.5, 0.6) is 0 Å². The van der Waals surface area contributed by atoms with E-state index >= 15 is 0 Å². The molecule has 3 heteroatoms. The van der Waals surface area contributed by atoms with Gasteiger partial charge in [-0.3, -0.25) is 0 Å². The van der Waals surface area contributed by atoms with Gasteiger partial charge in [-0.1, -0.05) is 13.0 Å². The number of rotatable bonds is 4. The minimum absolute atomic E-state index is 0.598. The zero-order chi connectivity index (χ0) is 10.7. The maximum absolute atomic E-state index is 5.87. The Labute approximate surface area is 89.4 Å². The number of fused-ring (bicyclic) bond motifs is 1. The topological polar surface area (TPSA) is 40.2 Å². The second-order valence-corrected chi connectivity index (χ2v) is 3.60. The molecule has 80 valence electrons. The lowest BCUT2D eigenvalue weighted by atomic mass is 10.2. The largest absolute Gasteiger partial charge is 0.398 e. The normalized spacial score (nSPS) is 11.0. The number of nitrogen functional groups attached to an aromatic ring is 1. The number of hydrogen-bond acceptors (Lipinski definition) is 2. The van der Waals surface area contributed by atoms with E-state index < -0.39 is 0 Å². The minimum atomic E-state index is 0.598. The summed E-state index contributed by atoms with van der Waals surface area (Å²) in [6, 6.07) is 7.97. The molecule has 0 atom stereocenters. The van der Waals surface area contributed by atoms with Crippen LogP contribution in [0.15, 0.2) is 30.5 Å². The van der Waals surface area contributed by atoms with Gasteiger partial charge < -0.3 is 15.0 Å². The summed E-state index contributed by atoms with van der Waals surface area (Å²) in [6.45, 7) is 3.49. The summed E-state index contributed by atoms with van der Waals surface area (Å²) in [5, 5.41) is 1.09. The molecule has 1 heterocycles. The molecule has 0 saturated carbocycles. The molecule has 3 nitrogen and oxygen atoms in total. The van der Waals surface area contributed by atoms with Crippen molar-refractivity contribution < 1.29 is 4.74 Å². The van der Waals surface area contributed by atoms with Gasteiger partial charge in [0.2, 0.25) is 0 Å². The highest BCUT2D eigenvalue weighted by Crippen LogP contribution is 2.21. The summed E-state index contributed by atoms with van der Waals surface area (Å²) in [6.07, 6.45) is 3.05. The van der Waals surface area contributed by atoms with E-state index in [0.717, 1.165) is 29.6 Å². The van der Waals surface area contributed by atoms with Crippen molar-refractivity contribution in [3.63, 3.8) is 0 Å². The molecule has 0 fully saturated rings. The first-order valence-electron chi connectivity index (χ1n) is 5.24. The fourth-order valence-electron chi connectivity index (χ4n) is 1.67. The van der Waals surface area contributed by atoms with E-state index in [1.165, 1.54) is 0 Å². The summed E-state index contributed by atoms with van der Waals surface area (Å²) in [5.74, 6) is 0. The van der Waals surface area contributed by atoms with Gasteiger partial charge >= 0.3 is 0 Å². The van der Waals surface area contributed by atoms with E-state index in [0.29, 0.717) is 6.73 Å². The maximum atomic E-state index is 5.87. The first-order valence-corrected chi connectivity index (χ1v) is 5.24. The van der Waals surface area contributed by atoms with Crippen LogP contribution in [0.2, 0.25) is 0 Å². The van der Waals surface area contributed by atoms with Crippen LogP contribution in [0.3, 0.4) is 0 Å². The standard InChI is InChI=1S/C12H16N2O/c1-2-8-15-9-14-7-6-10-11(13)4-3-5-12(10)14/h3-7H,2,8-9,13H2,1H3. The fourth-order valence-corrected chi connectivity index (χ4v) is 1.67. The van der Waals surface area contributed by atoms with E-state index in [9.17, 15) is 0 Å². The summed E-state index contributed by atoms with van der Waals surface area (Å²) >= 11 is 0. The van der Waals surface area contributed by atoms with E-state index in [-0.39, 0.29) is 0 Å². The summed E-state index contributed by atoms with van der Waals surface area (Å²) in [5.41, 5.74) is 7.82. The number of anilines is 1. The lowest BCUT2D eigenvalue weighted by Crippen LogP contribution is -2.01. The van der Waals surface area contributed by atoms with Gasteiger partial charge in [0.05, 0.1) is 5.52 Å². The molecule has 0 bridgehead atoms. The van der Waals surface area contributed by atoms with Crippen molar-refractivity contribution in [2.24, 2.45) is 0 Å². The Morgan fingerprint density at radius 1 is 1.33 bits per heavy atom. The summed E-state index contributed by atoms with van der Waals surface area (Å²) in [7, 11) is 0. The minimum Gasteiger partial charge on any atom is -0.398 e. The van der Waals surface area contributed by atoms with Crippen LogP contribution in [0, 0.1) is 0 Å². The molecule has 1 aromatic heterocycles. The third-order valence-electron chi connectivity index (χ3n) is 2.43. The monoisotopic (exact) mass is 204 g/mol. The lowest BCUT2D eigenvalue weighted by Gasteiger charge is -2.06. The van der Waals surface area contributed by atoms with Crippen molar-refractivity contribution in [2.75, 3.05) is 12.3 Å². The molecule has 0 spiro atoms. The first-order chi connectivity index (χ1) is 7.33. The Hall–Kier alpha value is -1.48. The predicted octanol–water partition coefficient (Wildman–Crippen LogP) is 2.61. The Balaban J connectivity index is 2.25. The molecule has 2 N–H and O–H groups in total. The number of aromatic nitrogens is 1. The first kappa shape index (κ1) is 10.1. The average molecular weight is 204 g/mol. The van der Waals surface area contributed by atoms with Crippen LogP contribution >= 0.6 is 0 Å². The zero-order valence-electron chi connectivity index (χ0n) is 8.94. The second-order valence-electron chi connectivity index (χ2n) is 3.60. The van der Waals surface area contributed by atoms with Crippen LogP contribution in [0.25, 0.3) is 10.9 Å². The van der Waals surface area contributed by atoms with Crippen LogP contribution in [-0.2, 0) is 11.5 Å². The van der Waals surface area contributed by atoms with Crippen molar-refractivity contribution >= 4 is 16.6 Å². The Morgan fingerprint density at radius 3 is 3.00 bits per heavy atom. The average Bonchev–Trinajstić information content (AvgIpc) is 2.64. The molecule has 0 amide bonds. The number of benzene rings is 1. The van der Waals surface area contributed by atoms with Crippen molar-refractivity contribution in [2.45, 2.75) is 20.1 Å². The van der Waals surface area contributed by atoms with Crippen LogP contribution in [0.4, 0.5) is 5.69 Å². The predicted molar refractivity (Wildman–Crippen MR) is 62.6 cm³/mol. The van der Waals surface area contributed by atoms with Gasteiger partial charge in [-0.15, -0.1) is 0 Å². The summed E-state index contributed by atoms with van der Waals surface area (Å²) in [4.78, 5) is 0. The Kier molecular flexibility index (Phi) is 2.92. The Bertz CT molecular complexity index is 448. The van der Waals surface area contributed by atoms with Gasteiger partial charge in [-0.2, -0.15) is 0 Å². The van der Waals surface area contributed by atoms with E-state index in [2.05, 4.69) is 17.6 Å². The molecule has 2 aromatic rings. The molecule has 2 rings (SSSR count). The van der Waals surface area contributed by atoms with Gasteiger partial charge in [-0.05, 0) is 24.6 Å². The molecule has 0 aliphatic heterocycles. The van der Waals surface area contributed by atoms with Gasteiger partial charge in [0.1, 0.15) is 6.73 Å². The quantitative estimate of drug-likeness (QED) is 0.614. The van der Waals surface area contributed by atoms with Crippen molar-refractivity contribution in [1.82, 2.24) is 4.57 Å². The highest BCUT2D eigenvalue weighted by molar-refractivity contribution is 5.91. The van der Waals surface area contributed by atoms with Crippen LogP contribution < -0.4 is 5.73 Å². The van der Waals surface area contributed by atoms with Crippen LogP contribution in [-0.4, -0.2) is 11.2 Å². The van der Waals surface area contributed by atoms with E-state index in [1.807, 2.05) is 24.4 Å². The van der Waals surface area contributed by atoms with E-state index in [1.54, 1.807) is 0 Å². The third kappa shape index (κ3) is 1.97. The van der Waals surface area contributed by atoms with Gasteiger partial charge in [0.15, 0.2) is 0 Å². The molecule has 1 aromatic carbocycles. The van der Waals surface area contributed by atoms with Gasteiger partial charge in [-0.25, -0.2) is 0 Å². The molecule has 0 saturated heterocycles. The summed E-state index contributed by atoms with van der Waals surface area (Å²) < 4.78 is 7.57. The van der Waals surface area contributed by atoms with Crippen molar-refractivity contribution in [3.8, 4) is 0 Å². The van der Waals surface area contributed by atoms with Crippen molar-refractivity contribution in [3.05, 3.63) is 30.5 Å². The third-order valence-corrected chi connectivity index (χ3v) is 2.43. The Morgan fingerprint density at radius 2 is 2.20 bits per heavy atom. The molecule has 0 aliphatic rings. The molecule has 0 radical (unpaired) electrons. The van der Waals surface area contributed by atoms with Crippen molar-refractivity contribution in [1.29, 1.82) is 0 Å². The van der Waals surface area contributed by atoms with Gasteiger partial charge in [0, 0.05) is 23.9 Å². The van der Waals surface area contributed by atoms with Crippen LogP contribution in [0.1, 0.15) is 13.3 Å². The smallest absolute Gasteiger partial charge is 0.122 e. The zero-order valence-corrected chi connectivity index (χ0v) is 8.94. The number of nitrogens with two attached hydrogens (primary N) is 1. The highest BCUT2D eigenvalue weighted by atomic mass is 16.5. The number of hydrogen-bond donors (Lipinski definition) is 1. The highest BCUT2D eigenvalue weighted by Gasteiger charge is 2.02. The van der Waals surface area contributed by atoms with E-state index in [4.69, 9.17) is 10.5 Å². The fraction of sp³-hybridized carbons (Fsp3) is 0.333. The van der Waals surface area contributed by atoms with Gasteiger partial charge in [0.25, 0.3) is 0 Å². The second kappa shape index (κ2) is 4.36. The SMILES string of the molecule is CCCOCn1ccc2c(N)cccc21. The number of nitrogens with zero attached hydrogens (tertiary/aromatic N) is 1. The molecule has 0 unspecified atom stereocenters. The molecule has 0 aliphatic carbocycles. The molecular formula is C12H16N2O. The lowest BCUT2D eigenvalue weighted by molar-refractivity contribution is 0.0804. The molecular weight excluding hydrogens is 188 g/mol. The maximum Gasteiger partial charge on any atom is 0.122 e. The molecule has 15 heavy (non-hydrogen) atoms. The number of ether oxygens (including phenoxy) is 1.